The molecule has 11 aromatic rings. The maximum absolute atomic E-state index is 2.68. The first kappa shape index (κ1) is 41.5. The zero-order valence-corrected chi connectivity index (χ0v) is 42.1. The molecule has 0 saturated carbocycles. The highest BCUT2D eigenvalue weighted by molar-refractivity contribution is 7.00. The van der Waals surface area contributed by atoms with Gasteiger partial charge in [0.05, 0.1) is 22.2 Å². The molecule has 2 heterocycles. The monoisotopic (exact) mass is 952 g/mol. The van der Waals surface area contributed by atoms with Crippen molar-refractivity contribution in [1.29, 1.82) is 0 Å². The molecule has 17 rings (SSSR count). The van der Waals surface area contributed by atoms with E-state index in [-0.39, 0.29) is 12.1 Å². The highest BCUT2D eigenvalue weighted by atomic mass is 15.2. The van der Waals surface area contributed by atoms with Crippen LogP contribution in [0.3, 0.4) is 0 Å². The fourth-order valence-electron chi connectivity index (χ4n) is 15.5. The molecule has 2 aliphatic heterocycles. The van der Waals surface area contributed by atoms with Crippen LogP contribution in [0.25, 0.3) is 44.5 Å². The number of rotatable bonds is 2. The number of fused-ring (bicyclic) bond motifs is 24. The molecule has 0 N–H and O–H groups in total. The van der Waals surface area contributed by atoms with Gasteiger partial charge in [-0.1, -0.05) is 227 Å². The molecule has 2 spiro atoms. The number of benzene rings is 11. The zero-order chi connectivity index (χ0) is 49.5. The molecule has 0 atom stereocenters. The largest absolute Gasteiger partial charge is 0.311 e. The number of anilines is 6. The van der Waals surface area contributed by atoms with E-state index in [1.54, 1.807) is 0 Å². The molecular formula is C72H49BN2. The second-order valence-corrected chi connectivity index (χ2v) is 22.6. The topological polar surface area (TPSA) is 6.48 Å². The summed E-state index contributed by atoms with van der Waals surface area (Å²) in [5.74, 6) is 0. The molecular weight excluding hydrogens is 904 g/mol. The number of nitrogens with zero attached hydrogens (tertiary/aromatic N) is 2. The molecule has 0 bridgehead atoms. The van der Waals surface area contributed by atoms with Crippen LogP contribution in [0.15, 0.2) is 243 Å². The molecule has 75 heavy (non-hydrogen) atoms. The lowest BCUT2D eigenvalue weighted by Crippen LogP contribution is -2.61. The first-order valence-corrected chi connectivity index (χ1v) is 26.7. The minimum atomic E-state index is -0.534. The summed E-state index contributed by atoms with van der Waals surface area (Å²) >= 11 is 0. The number of hydrogen-bond donors (Lipinski definition) is 0. The van der Waals surface area contributed by atoms with Gasteiger partial charge in [-0.15, -0.1) is 0 Å². The van der Waals surface area contributed by atoms with E-state index in [9.17, 15) is 0 Å². The predicted molar refractivity (Wildman–Crippen MR) is 312 cm³/mol. The van der Waals surface area contributed by atoms with E-state index in [2.05, 4.69) is 273 Å². The van der Waals surface area contributed by atoms with Crippen molar-refractivity contribution in [3.63, 3.8) is 0 Å². The molecule has 11 aromatic carbocycles. The Hall–Kier alpha value is -8.92. The van der Waals surface area contributed by atoms with Crippen molar-refractivity contribution in [2.24, 2.45) is 0 Å². The molecule has 350 valence electrons. The van der Waals surface area contributed by atoms with Crippen LogP contribution < -0.4 is 26.2 Å². The highest BCUT2D eigenvalue weighted by Crippen LogP contribution is 2.67. The van der Waals surface area contributed by atoms with E-state index in [1.165, 1.54) is 145 Å². The summed E-state index contributed by atoms with van der Waals surface area (Å²) < 4.78 is 0. The van der Waals surface area contributed by atoms with Gasteiger partial charge in [0.25, 0.3) is 6.71 Å². The summed E-state index contributed by atoms with van der Waals surface area (Å²) in [6.45, 7) is 7.04. The van der Waals surface area contributed by atoms with Crippen molar-refractivity contribution in [1.82, 2.24) is 0 Å². The Morgan fingerprint density at radius 3 is 1.04 bits per heavy atom. The van der Waals surface area contributed by atoms with Gasteiger partial charge in [0, 0.05) is 33.9 Å². The third-order valence-electron chi connectivity index (χ3n) is 18.2. The molecule has 4 aliphatic carbocycles. The van der Waals surface area contributed by atoms with Crippen molar-refractivity contribution < 1.29 is 0 Å². The Balaban J connectivity index is 0.979. The van der Waals surface area contributed by atoms with Gasteiger partial charge in [-0.05, 0) is 142 Å². The molecule has 3 heteroatoms. The van der Waals surface area contributed by atoms with Gasteiger partial charge >= 0.3 is 0 Å². The van der Waals surface area contributed by atoms with Crippen LogP contribution in [0.5, 0.6) is 0 Å². The average Bonchev–Trinajstić information content (AvgIpc) is 4.26. The van der Waals surface area contributed by atoms with E-state index in [0.29, 0.717) is 0 Å². The van der Waals surface area contributed by atoms with Gasteiger partial charge in [-0.2, -0.15) is 0 Å². The van der Waals surface area contributed by atoms with Gasteiger partial charge in [0.15, 0.2) is 0 Å². The summed E-state index contributed by atoms with van der Waals surface area (Å²) in [4.78, 5) is 5.34. The van der Waals surface area contributed by atoms with Crippen molar-refractivity contribution >= 4 is 57.2 Å². The Bertz CT molecular complexity index is 4200. The lowest BCUT2D eigenvalue weighted by Gasteiger charge is -2.46. The minimum Gasteiger partial charge on any atom is -0.311 e. The summed E-state index contributed by atoms with van der Waals surface area (Å²) in [6, 6.07) is 93.3. The van der Waals surface area contributed by atoms with Gasteiger partial charge in [-0.25, -0.2) is 0 Å². The standard InChI is InChI=1S/C72H49BN2/c1-70(2,3)44-41-42-62-60(43-44)73-59-35-16-17-36-61(59)74(63-37-18-27-51-49-25-8-14-33-57(49)71(67(51)63)53-29-10-4-21-45(53)46-22-5-11-30-54(46)71)65-39-20-40-66(69(65)73)75(62)64-38-19-28-52-50-26-9-15-34-58(50)72(68(52)64)55-31-12-6-23-47(55)48-24-7-13-32-56(48)72/h4-43H,1-3H3. The molecule has 0 saturated heterocycles. The van der Waals surface area contributed by atoms with Crippen LogP contribution in [-0.2, 0) is 16.2 Å². The smallest absolute Gasteiger partial charge is 0.252 e. The zero-order valence-electron chi connectivity index (χ0n) is 42.1. The van der Waals surface area contributed by atoms with Crippen LogP contribution in [-0.4, -0.2) is 6.71 Å². The number of para-hydroxylation sites is 1. The van der Waals surface area contributed by atoms with Crippen molar-refractivity contribution in [2.45, 2.75) is 37.0 Å². The van der Waals surface area contributed by atoms with Crippen LogP contribution in [0, 0.1) is 0 Å². The van der Waals surface area contributed by atoms with E-state index >= 15 is 0 Å². The van der Waals surface area contributed by atoms with Crippen LogP contribution in [0.1, 0.15) is 70.8 Å². The molecule has 0 fully saturated rings. The van der Waals surface area contributed by atoms with Crippen molar-refractivity contribution in [3.8, 4) is 44.5 Å². The SMILES string of the molecule is CC(C)(C)c1ccc2c(c1)B1c3ccccc3N(c3cccc4c3C3(c5ccccc5-c5ccccc53)c3ccccc3-4)c3cccc(c31)N2c1cccc2c1C1(c3ccccc3-c3ccccc31)c1ccccc1-2. The molecule has 0 amide bonds. The molecule has 6 aliphatic rings. The third kappa shape index (κ3) is 4.94. The van der Waals surface area contributed by atoms with E-state index < -0.39 is 10.8 Å². The lowest BCUT2D eigenvalue weighted by molar-refractivity contribution is 0.591. The van der Waals surface area contributed by atoms with Gasteiger partial charge in [-0.3, -0.25) is 0 Å². The van der Waals surface area contributed by atoms with Crippen molar-refractivity contribution in [3.05, 3.63) is 293 Å². The number of hydrogen-bond acceptors (Lipinski definition) is 2. The van der Waals surface area contributed by atoms with E-state index in [0.717, 1.165) is 0 Å². The predicted octanol–water partition coefficient (Wildman–Crippen LogP) is 15.8. The minimum absolute atomic E-state index is 0.0242. The second-order valence-electron chi connectivity index (χ2n) is 22.6. The molecule has 2 nitrogen and oxygen atoms in total. The van der Waals surface area contributed by atoms with E-state index in [4.69, 9.17) is 0 Å². The summed E-state index contributed by atoms with van der Waals surface area (Å²) in [5, 5.41) is 0. The summed E-state index contributed by atoms with van der Waals surface area (Å²) in [6.07, 6.45) is 0. The molecule has 0 aromatic heterocycles. The lowest BCUT2D eigenvalue weighted by atomic mass is 9.33. The van der Waals surface area contributed by atoms with Crippen molar-refractivity contribution in [2.75, 3.05) is 9.80 Å². The average molecular weight is 953 g/mol. The fourth-order valence-corrected chi connectivity index (χ4v) is 15.5. The van der Waals surface area contributed by atoms with Gasteiger partial charge in [0.2, 0.25) is 0 Å². The molecule has 0 radical (unpaired) electrons. The van der Waals surface area contributed by atoms with Gasteiger partial charge in [0.1, 0.15) is 0 Å². The second kappa shape index (κ2) is 14.4. The maximum Gasteiger partial charge on any atom is 0.252 e. The molecule has 0 unspecified atom stereocenters. The summed E-state index contributed by atoms with van der Waals surface area (Å²) in [7, 11) is 0. The fraction of sp³-hybridized carbons (Fsp3) is 0.0833. The van der Waals surface area contributed by atoms with E-state index in [1.807, 2.05) is 0 Å². The third-order valence-corrected chi connectivity index (χ3v) is 18.2. The maximum atomic E-state index is 2.68. The first-order valence-electron chi connectivity index (χ1n) is 26.7. The highest BCUT2D eigenvalue weighted by Gasteiger charge is 2.56. The van der Waals surface area contributed by atoms with Crippen LogP contribution in [0.4, 0.5) is 34.1 Å². The summed E-state index contributed by atoms with van der Waals surface area (Å²) in [5.41, 5.74) is 32.7. The Morgan fingerprint density at radius 1 is 0.293 bits per heavy atom. The Labute approximate surface area is 438 Å². The normalized spacial score (nSPS) is 15.3. The Kier molecular flexibility index (Phi) is 8.00. The van der Waals surface area contributed by atoms with Crippen LogP contribution >= 0.6 is 0 Å². The van der Waals surface area contributed by atoms with Gasteiger partial charge < -0.3 is 9.80 Å². The quantitative estimate of drug-likeness (QED) is 0.159. The Morgan fingerprint density at radius 2 is 0.613 bits per heavy atom. The first-order chi connectivity index (χ1) is 36.9. The van der Waals surface area contributed by atoms with Crippen LogP contribution in [0.2, 0.25) is 0 Å².